The van der Waals surface area contributed by atoms with E-state index in [1.165, 1.54) is 0 Å². The van der Waals surface area contributed by atoms with Crippen LogP contribution < -0.4 is 10.6 Å². The molecule has 1 aliphatic rings. The van der Waals surface area contributed by atoms with E-state index in [4.69, 9.17) is 10.2 Å². The Morgan fingerprint density at radius 1 is 1.44 bits per heavy atom. The number of amides is 2. The molecule has 1 rings (SSSR count). The Balaban J connectivity index is 2.27. The molecule has 0 aromatic heterocycles. The molecule has 0 radical (unpaired) electrons. The minimum Gasteiger partial charge on any atom is -0.479 e. The van der Waals surface area contributed by atoms with Gasteiger partial charge in [-0.1, -0.05) is 0 Å². The zero-order valence-corrected chi connectivity index (χ0v) is 9.49. The van der Waals surface area contributed by atoms with Crippen molar-refractivity contribution in [1.82, 2.24) is 10.6 Å². The summed E-state index contributed by atoms with van der Waals surface area (Å²) in [4.78, 5) is 21.7. The van der Waals surface area contributed by atoms with Gasteiger partial charge in [0.25, 0.3) is 0 Å². The number of carboxylic acid groups (broad SMARTS) is 1. The molecule has 0 unspecified atom stereocenters. The predicted molar refractivity (Wildman–Crippen MR) is 57.0 cm³/mol. The molecule has 0 aromatic carbocycles. The lowest BCUT2D eigenvalue weighted by Crippen LogP contribution is -2.51. The summed E-state index contributed by atoms with van der Waals surface area (Å²) in [5.74, 6) is -0.857. The molecule has 16 heavy (non-hydrogen) atoms. The van der Waals surface area contributed by atoms with Gasteiger partial charge in [0.15, 0.2) is 6.10 Å². The van der Waals surface area contributed by atoms with Crippen molar-refractivity contribution in [1.29, 1.82) is 0 Å². The highest BCUT2D eigenvalue weighted by Gasteiger charge is 2.38. The van der Waals surface area contributed by atoms with E-state index >= 15 is 0 Å². The quantitative estimate of drug-likeness (QED) is 0.531. The summed E-state index contributed by atoms with van der Waals surface area (Å²) in [6.07, 6.45) is 0.644. The molecule has 0 saturated heterocycles. The number of aliphatic carboxylic acids is 1. The smallest absolute Gasteiger partial charge is 0.334 e. The third-order valence-electron chi connectivity index (χ3n) is 2.77. The normalized spacial score (nSPS) is 17.7. The first-order valence-electron chi connectivity index (χ1n) is 5.30. The number of hydrogen-bond acceptors (Lipinski definition) is 3. The summed E-state index contributed by atoms with van der Waals surface area (Å²) in [6.45, 7) is 3.57. The third kappa shape index (κ3) is 3.69. The first-order chi connectivity index (χ1) is 7.33. The van der Waals surface area contributed by atoms with E-state index in [0.29, 0.717) is 5.92 Å². The number of hydrogen-bond donors (Lipinski definition) is 4. The van der Waals surface area contributed by atoms with Crippen molar-refractivity contribution in [3.8, 4) is 0 Å². The molecule has 1 atom stereocenters. The molecule has 6 nitrogen and oxygen atoms in total. The summed E-state index contributed by atoms with van der Waals surface area (Å²) in [7, 11) is 0. The number of nitrogens with one attached hydrogen (secondary N) is 2. The molecule has 6 heteroatoms. The molecule has 0 spiro atoms. The fourth-order valence-electron chi connectivity index (χ4n) is 1.52. The second kappa shape index (κ2) is 4.69. The van der Waals surface area contributed by atoms with Crippen LogP contribution in [0.2, 0.25) is 0 Å². The van der Waals surface area contributed by atoms with E-state index in [0.717, 1.165) is 12.8 Å². The van der Waals surface area contributed by atoms with Gasteiger partial charge in [-0.2, -0.15) is 0 Å². The van der Waals surface area contributed by atoms with E-state index in [1.54, 1.807) is 0 Å². The predicted octanol–water partition coefficient (Wildman–Crippen LogP) is -0.0803. The maximum absolute atomic E-state index is 11.4. The molecule has 1 fully saturated rings. The van der Waals surface area contributed by atoms with Gasteiger partial charge in [-0.25, -0.2) is 9.59 Å². The van der Waals surface area contributed by atoms with Crippen molar-refractivity contribution >= 4 is 12.0 Å². The summed E-state index contributed by atoms with van der Waals surface area (Å²) < 4.78 is 0. The zero-order valence-electron chi connectivity index (χ0n) is 9.49. The van der Waals surface area contributed by atoms with Crippen LogP contribution >= 0.6 is 0 Å². The van der Waals surface area contributed by atoms with E-state index in [-0.39, 0.29) is 12.1 Å². The fraction of sp³-hybridized carbons (Fsp3) is 0.800. The Bertz CT molecular complexity index is 287. The molecular formula is C10H18N2O4. The average molecular weight is 230 g/mol. The Kier molecular flexibility index (Phi) is 3.74. The molecule has 4 N–H and O–H groups in total. The van der Waals surface area contributed by atoms with Gasteiger partial charge < -0.3 is 20.8 Å². The molecule has 92 valence electrons. The minimum atomic E-state index is -1.56. The van der Waals surface area contributed by atoms with Crippen LogP contribution in [0.1, 0.15) is 26.7 Å². The van der Waals surface area contributed by atoms with Gasteiger partial charge in [-0.3, -0.25) is 0 Å². The van der Waals surface area contributed by atoms with Gasteiger partial charge in [-0.05, 0) is 32.6 Å². The van der Waals surface area contributed by atoms with Crippen molar-refractivity contribution < 1.29 is 19.8 Å². The van der Waals surface area contributed by atoms with Crippen LogP contribution in [0.25, 0.3) is 0 Å². The van der Waals surface area contributed by atoms with Crippen LogP contribution in [0, 0.1) is 5.92 Å². The van der Waals surface area contributed by atoms with Crippen molar-refractivity contribution in [2.45, 2.75) is 38.3 Å². The van der Waals surface area contributed by atoms with Gasteiger partial charge in [0.1, 0.15) is 0 Å². The maximum atomic E-state index is 11.4. The maximum Gasteiger partial charge on any atom is 0.334 e. The van der Waals surface area contributed by atoms with E-state index in [2.05, 4.69) is 10.6 Å². The monoisotopic (exact) mass is 230 g/mol. The van der Waals surface area contributed by atoms with E-state index in [9.17, 15) is 9.59 Å². The Morgan fingerprint density at radius 2 is 2.00 bits per heavy atom. The van der Waals surface area contributed by atoms with E-state index in [1.807, 2.05) is 13.8 Å². The highest BCUT2D eigenvalue weighted by atomic mass is 16.4. The molecule has 1 saturated carbocycles. The zero-order chi connectivity index (χ0) is 12.3. The largest absolute Gasteiger partial charge is 0.479 e. The Labute approximate surface area is 94.0 Å². The van der Waals surface area contributed by atoms with E-state index < -0.39 is 18.1 Å². The molecular weight excluding hydrogens is 212 g/mol. The second-order valence-electron chi connectivity index (χ2n) is 4.69. The van der Waals surface area contributed by atoms with Crippen LogP contribution in [0.5, 0.6) is 0 Å². The summed E-state index contributed by atoms with van der Waals surface area (Å²) in [5.41, 5.74) is -0.280. The number of carbonyl (C=O) groups is 2. The van der Waals surface area contributed by atoms with Crippen LogP contribution in [0.4, 0.5) is 4.79 Å². The Morgan fingerprint density at radius 3 is 2.44 bits per heavy atom. The molecule has 0 heterocycles. The SMILES string of the molecule is CC(C)(NC(=O)NC[C@H](O)C(=O)O)C1CC1. The van der Waals surface area contributed by atoms with Gasteiger partial charge in [0.2, 0.25) is 0 Å². The molecule has 2 amide bonds. The summed E-state index contributed by atoms with van der Waals surface area (Å²) in [5, 5.41) is 22.4. The van der Waals surface area contributed by atoms with Crippen molar-refractivity contribution in [2.75, 3.05) is 6.54 Å². The van der Waals surface area contributed by atoms with Gasteiger partial charge in [0.05, 0.1) is 6.54 Å². The third-order valence-corrected chi connectivity index (χ3v) is 2.77. The van der Waals surface area contributed by atoms with Gasteiger partial charge in [-0.15, -0.1) is 0 Å². The van der Waals surface area contributed by atoms with Crippen LogP contribution in [-0.4, -0.2) is 40.4 Å². The van der Waals surface area contributed by atoms with Crippen LogP contribution in [0.3, 0.4) is 0 Å². The van der Waals surface area contributed by atoms with Crippen LogP contribution in [0.15, 0.2) is 0 Å². The number of carbonyl (C=O) groups excluding carboxylic acids is 1. The number of rotatable bonds is 5. The van der Waals surface area contributed by atoms with Crippen molar-refractivity contribution in [3.63, 3.8) is 0 Å². The lowest BCUT2D eigenvalue weighted by molar-refractivity contribution is -0.146. The lowest BCUT2D eigenvalue weighted by Gasteiger charge is -2.26. The topological polar surface area (TPSA) is 98.7 Å². The second-order valence-corrected chi connectivity index (χ2v) is 4.69. The number of carboxylic acids is 1. The Hall–Kier alpha value is -1.30. The highest BCUT2D eigenvalue weighted by Crippen LogP contribution is 2.38. The first-order valence-corrected chi connectivity index (χ1v) is 5.30. The van der Waals surface area contributed by atoms with Crippen molar-refractivity contribution in [3.05, 3.63) is 0 Å². The average Bonchev–Trinajstić information content (AvgIpc) is 2.96. The lowest BCUT2D eigenvalue weighted by atomic mass is 9.99. The van der Waals surface area contributed by atoms with Crippen LogP contribution in [-0.2, 0) is 4.79 Å². The molecule has 0 bridgehead atoms. The first kappa shape index (κ1) is 12.8. The summed E-state index contributed by atoms with van der Waals surface area (Å²) in [6, 6.07) is -0.447. The molecule has 0 aliphatic heterocycles. The molecule has 0 aromatic rings. The number of aliphatic hydroxyl groups is 1. The highest BCUT2D eigenvalue weighted by molar-refractivity contribution is 5.77. The summed E-state index contributed by atoms with van der Waals surface area (Å²) >= 11 is 0. The van der Waals surface area contributed by atoms with Gasteiger partial charge in [0, 0.05) is 5.54 Å². The molecule has 1 aliphatic carbocycles. The number of urea groups is 1. The van der Waals surface area contributed by atoms with Gasteiger partial charge >= 0.3 is 12.0 Å². The number of aliphatic hydroxyl groups excluding tert-OH is 1. The van der Waals surface area contributed by atoms with Crippen molar-refractivity contribution in [2.24, 2.45) is 5.92 Å². The standard InChI is InChI=1S/C10H18N2O4/c1-10(2,6-3-4-6)12-9(16)11-5-7(13)8(14)15/h6-7,13H,3-5H2,1-2H3,(H,14,15)(H2,11,12,16)/t7-/m0/s1. The fourth-order valence-corrected chi connectivity index (χ4v) is 1.52. The minimum absolute atomic E-state index is 0.280.